The van der Waals surface area contributed by atoms with E-state index in [4.69, 9.17) is 0 Å². The lowest BCUT2D eigenvalue weighted by atomic mass is 10.1. The number of nitrogens with one attached hydrogen (secondary N) is 2. The minimum Gasteiger partial charge on any atom is -0.360 e. The van der Waals surface area contributed by atoms with Gasteiger partial charge in [-0.25, -0.2) is 0 Å². The largest absolute Gasteiger partial charge is 0.360 e. The molecular formula is C22H28N3O2+. The van der Waals surface area contributed by atoms with Crippen LogP contribution in [0, 0.1) is 13.8 Å². The lowest BCUT2D eigenvalue weighted by Crippen LogP contribution is -3.15. The van der Waals surface area contributed by atoms with E-state index < -0.39 is 0 Å². The van der Waals surface area contributed by atoms with Crippen molar-refractivity contribution in [2.45, 2.75) is 20.8 Å². The molecule has 5 nitrogen and oxygen atoms in total. The van der Waals surface area contributed by atoms with Gasteiger partial charge in [0.25, 0.3) is 5.91 Å². The molecule has 27 heavy (non-hydrogen) atoms. The summed E-state index contributed by atoms with van der Waals surface area (Å²) in [6.07, 6.45) is 0. The molecule has 0 spiro atoms. The molecule has 1 fully saturated rings. The van der Waals surface area contributed by atoms with Gasteiger partial charge >= 0.3 is 0 Å². The summed E-state index contributed by atoms with van der Waals surface area (Å²) in [5.74, 6) is 0.160. The van der Waals surface area contributed by atoms with Crippen LogP contribution in [0.3, 0.4) is 0 Å². The minimum absolute atomic E-state index is 0.0710. The maximum Gasteiger partial charge on any atom is 0.279 e. The SMILES string of the molecule is CC(=O)c1ccc(N2CC[NH+](CC(=O)Nc3c(C)cccc3C)CC2)cc1. The Hall–Kier alpha value is -2.66. The zero-order chi connectivity index (χ0) is 19.4. The van der Waals surface area contributed by atoms with Crippen molar-refractivity contribution in [3.8, 4) is 0 Å². The van der Waals surface area contributed by atoms with Crippen molar-refractivity contribution in [1.29, 1.82) is 0 Å². The fourth-order valence-corrected chi connectivity index (χ4v) is 3.59. The summed E-state index contributed by atoms with van der Waals surface area (Å²) in [5.41, 5.74) is 5.01. The van der Waals surface area contributed by atoms with E-state index in [2.05, 4.69) is 10.2 Å². The third-order valence-corrected chi connectivity index (χ3v) is 5.27. The molecular weight excluding hydrogens is 338 g/mol. The van der Waals surface area contributed by atoms with Crippen LogP contribution in [0.1, 0.15) is 28.4 Å². The predicted molar refractivity (Wildman–Crippen MR) is 109 cm³/mol. The molecule has 2 aromatic rings. The number of carbonyl (C=O) groups is 2. The number of hydrogen-bond donors (Lipinski definition) is 2. The lowest BCUT2D eigenvalue weighted by molar-refractivity contribution is -0.892. The number of para-hydroxylation sites is 1. The van der Waals surface area contributed by atoms with E-state index in [9.17, 15) is 9.59 Å². The molecule has 1 aliphatic heterocycles. The van der Waals surface area contributed by atoms with Gasteiger partial charge in [0.2, 0.25) is 0 Å². The van der Waals surface area contributed by atoms with Gasteiger partial charge in [-0.1, -0.05) is 18.2 Å². The van der Waals surface area contributed by atoms with Crippen molar-refractivity contribution in [3.63, 3.8) is 0 Å². The summed E-state index contributed by atoms with van der Waals surface area (Å²) in [7, 11) is 0. The molecule has 0 unspecified atom stereocenters. The van der Waals surface area contributed by atoms with Crippen LogP contribution in [0.5, 0.6) is 0 Å². The summed E-state index contributed by atoms with van der Waals surface area (Å²) in [6.45, 7) is 9.78. The highest BCUT2D eigenvalue weighted by Gasteiger charge is 2.23. The first kappa shape index (κ1) is 19.1. The van der Waals surface area contributed by atoms with Crippen molar-refractivity contribution in [1.82, 2.24) is 0 Å². The van der Waals surface area contributed by atoms with Crippen LogP contribution < -0.4 is 15.1 Å². The molecule has 0 atom stereocenters. The van der Waals surface area contributed by atoms with Crippen LogP contribution in [0.15, 0.2) is 42.5 Å². The zero-order valence-electron chi connectivity index (χ0n) is 16.3. The molecule has 142 valence electrons. The Kier molecular flexibility index (Phi) is 5.91. The van der Waals surface area contributed by atoms with Crippen molar-refractivity contribution >= 4 is 23.1 Å². The first-order valence-corrected chi connectivity index (χ1v) is 9.49. The van der Waals surface area contributed by atoms with Gasteiger partial charge < -0.3 is 15.1 Å². The van der Waals surface area contributed by atoms with Crippen LogP contribution >= 0.6 is 0 Å². The van der Waals surface area contributed by atoms with E-state index in [0.29, 0.717) is 6.54 Å². The van der Waals surface area contributed by atoms with Gasteiger partial charge in [-0.15, -0.1) is 0 Å². The fourth-order valence-electron chi connectivity index (χ4n) is 3.59. The van der Waals surface area contributed by atoms with Crippen molar-refractivity contribution in [3.05, 3.63) is 59.2 Å². The molecule has 0 aromatic heterocycles. The highest BCUT2D eigenvalue weighted by Crippen LogP contribution is 2.19. The highest BCUT2D eigenvalue weighted by atomic mass is 16.2. The van der Waals surface area contributed by atoms with Gasteiger partial charge in [-0.2, -0.15) is 0 Å². The molecule has 1 heterocycles. The van der Waals surface area contributed by atoms with E-state index in [0.717, 1.165) is 54.2 Å². The quantitative estimate of drug-likeness (QED) is 0.794. The van der Waals surface area contributed by atoms with E-state index in [1.54, 1.807) is 6.92 Å². The number of anilines is 2. The standard InChI is InChI=1S/C22H27N3O2/c1-16-5-4-6-17(2)22(16)23-21(27)15-24-11-13-25(14-12-24)20-9-7-19(8-10-20)18(3)26/h4-10H,11-15H2,1-3H3,(H,23,27)/p+1. The lowest BCUT2D eigenvalue weighted by Gasteiger charge is -2.33. The number of Topliss-reactive ketones (excluding diaryl/α,β-unsaturated/α-hetero) is 1. The number of ketones is 1. The summed E-state index contributed by atoms with van der Waals surface area (Å²) >= 11 is 0. The number of benzene rings is 2. The normalized spacial score (nSPS) is 14.9. The van der Waals surface area contributed by atoms with Crippen LogP contribution in [0.25, 0.3) is 0 Å². The number of nitrogens with zero attached hydrogens (tertiary/aromatic N) is 1. The van der Waals surface area contributed by atoms with Crippen molar-refractivity contribution in [2.75, 3.05) is 42.9 Å². The molecule has 1 amide bonds. The maximum absolute atomic E-state index is 12.5. The number of aryl methyl sites for hydroxylation is 2. The Morgan fingerprint density at radius 1 is 1.00 bits per heavy atom. The molecule has 1 saturated heterocycles. The molecule has 0 saturated carbocycles. The number of amides is 1. The van der Waals surface area contributed by atoms with Gasteiger partial charge in [0, 0.05) is 16.9 Å². The second kappa shape index (κ2) is 8.35. The number of carbonyl (C=O) groups excluding carboxylic acids is 2. The third-order valence-electron chi connectivity index (χ3n) is 5.27. The first-order chi connectivity index (χ1) is 12.9. The average molecular weight is 366 g/mol. The monoisotopic (exact) mass is 366 g/mol. The molecule has 3 rings (SSSR count). The Balaban J connectivity index is 1.52. The fraction of sp³-hybridized carbons (Fsp3) is 0.364. The zero-order valence-corrected chi connectivity index (χ0v) is 16.3. The van der Waals surface area contributed by atoms with Crippen LogP contribution in [-0.4, -0.2) is 44.4 Å². The topological polar surface area (TPSA) is 53.9 Å². The number of piperazine rings is 1. The maximum atomic E-state index is 12.5. The molecule has 0 radical (unpaired) electrons. The average Bonchev–Trinajstić information content (AvgIpc) is 2.65. The second-order valence-corrected chi connectivity index (χ2v) is 7.33. The molecule has 0 aliphatic carbocycles. The molecule has 2 N–H and O–H groups in total. The smallest absolute Gasteiger partial charge is 0.279 e. The summed E-state index contributed by atoms with van der Waals surface area (Å²) in [4.78, 5) is 27.5. The second-order valence-electron chi connectivity index (χ2n) is 7.33. The first-order valence-electron chi connectivity index (χ1n) is 9.49. The van der Waals surface area contributed by atoms with Crippen LogP contribution in [-0.2, 0) is 4.79 Å². The minimum atomic E-state index is 0.0710. The van der Waals surface area contributed by atoms with Crippen molar-refractivity contribution < 1.29 is 14.5 Å². The van der Waals surface area contributed by atoms with E-state index in [-0.39, 0.29) is 11.7 Å². The number of hydrogen-bond acceptors (Lipinski definition) is 3. The summed E-state index contributed by atoms with van der Waals surface area (Å²) in [6, 6.07) is 13.8. The predicted octanol–water partition coefficient (Wildman–Crippen LogP) is 1.85. The van der Waals surface area contributed by atoms with E-state index in [1.165, 1.54) is 4.90 Å². The number of rotatable bonds is 5. The Bertz CT molecular complexity index is 802. The van der Waals surface area contributed by atoms with Gasteiger partial charge in [0.15, 0.2) is 12.3 Å². The summed E-state index contributed by atoms with van der Waals surface area (Å²) in [5, 5.41) is 3.08. The number of quaternary nitrogens is 1. The van der Waals surface area contributed by atoms with Crippen molar-refractivity contribution in [2.24, 2.45) is 0 Å². The van der Waals surface area contributed by atoms with Gasteiger partial charge in [-0.05, 0) is 56.2 Å². The molecule has 1 aliphatic rings. The van der Waals surface area contributed by atoms with Gasteiger partial charge in [-0.3, -0.25) is 9.59 Å². The third kappa shape index (κ3) is 4.74. The Labute approximate surface area is 161 Å². The highest BCUT2D eigenvalue weighted by molar-refractivity contribution is 5.94. The van der Waals surface area contributed by atoms with Crippen LogP contribution in [0.4, 0.5) is 11.4 Å². The molecule has 0 bridgehead atoms. The Morgan fingerprint density at radius 2 is 1.59 bits per heavy atom. The van der Waals surface area contributed by atoms with Gasteiger partial charge in [0.05, 0.1) is 26.2 Å². The van der Waals surface area contributed by atoms with E-state index in [1.807, 2.05) is 56.3 Å². The van der Waals surface area contributed by atoms with Gasteiger partial charge in [0.1, 0.15) is 0 Å². The molecule has 2 aromatic carbocycles. The van der Waals surface area contributed by atoms with Crippen LogP contribution in [0.2, 0.25) is 0 Å². The van der Waals surface area contributed by atoms with E-state index >= 15 is 0 Å². The molecule has 5 heteroatoms. The summed E-state index contributed by atoms with van der Waals surface area (Å²) < 4.78 is 0. The Morgan fingerprint density at radius 3 is 2.15 bits per heavy atom.